The smallest absolute Gasteiger partial charge is 0.0483 e. The molecule has 0 unspecified atom stereocenters. The summed E-state index contributed by atoms with van der Waals surface area (Å²) < 4.78 is 5.43. The highest BCUT2D eigenvalue weighted by molar-refractivity contribution is 4.86. The van der Waals surface area contributed by atoms with Crippen LogP contribution in [0, 0.1) is 11.8 Å². The fourth-order valence-corrected chi connectivity index (χ4v) is 2.92. The molecule has 94 valence electrons. The van der Waals surface area contributed by atoms with Crippen molar-refractivity contribution in [2.75, 3.05) is 19.8 Å². The Hall–Kier alpha value is -0.0800. The fourth-order valence-electron chi connectivity index (χ4n) is 2.92. The highest BCUT2D eigenvalue weighted by Crippen LogP contribution is 2.29. The van der Waals surface area contributed by atoms with Crippen molar-refractivity contribution in [3.63, 3.8) is 0 Å². The maximum atomic E-state index is 5.43. The van der Waals surface area contributed by atoms with Gasteiger partial charge in [-0.1, -0.05) is 19.8 Å². The molecule has 2 aliphatic rings. The summed E-state index contributed by atoms with van der Waals surface area (Å²) in [6, 6.07) is 0. The van der Waals surface area contributed by atoms with Crippen LogP contribution < -0.4 is 5.32 Å². The topological polar surface area (TPSA) is 21.3 Å². The first-order valence-corrected chi connectivity index (χ1v) is 7.01. The summed E-state index contributed by atoms with van der Waals surface area (Å²) in [5.74, 6) is 1.89. The largest absolute Gasteiger partial charge is 0.381 e. The average molecular weight is 225 g/mol. The van der Waals surface area contributed by atoms with Crippen molar-refractivity contribution in [1.82, 2.24) is 5.32 Å². The molecule has 16 heavy (non-hydrogen) atoms. The monoisotopic (exact) mass is 225 g/mol. The molecule has 1 aliphatic heterocycles. The number of hydrogen-bond acceptors (Lipinski definition) is 2. The summed E-state index contributed by atoms with van der Waals surface area (Å²) in [5, 5.41) is 3.80. The van der Waals surface area contributed by atoms with Crippen LogP contribution in [-0.2, 0) is 4.74 Å². The van der Waals surface area contributed by atoms with Crippen LogP contribution in [-0.4, -0.2) is 25.3 Å². The third-order valence-corrected chi connectivity index (χ3v) is 4.55. The summed E-state index contributed by atoms with van der Waals surface area (Å²) in [6.07, 6.45) is 8.09. The second kappa shape index (κ2) is 5.50. The zero-order chi connectivity index (χ0) is 11.4. The first-order chi connectivity index (χ1) is 7.68. The van der Waals surface area contributed by atoms with Gasteiger partial charge in [0.25, 0.3) is 0 Å². The van der Waals surface area contributed by atoms with Crippen molar-refractivity contribution < 1.29 is 4.74 Å². The Balaban J connectivity index is 1.70. The van der Waals surface area contributed by atoms with E-state index in [9.17, 15) is 0 Å². The van der Waals surface area contributed by atoms with Crippen molar-refractivity contribution in [3.8, 4) is 0 Å². The molecule has 0 atom stereocenters. The Kier molecular flexibility index (Phi) is 4.26. The Morgan fingerprint density at radius 1 is 1.12 bits per heavy atom. The zero-order valence-corrected chi connectivity index (χ0v) is 10.9. The summed E-state index contributed by atoms with van der Waals surface area (Å²) in [5.41, 5.74) is 0.349. The molecular weight excluding hydrogens is 198 g/mol. The molecule has 1 N–H and O–H groups in total. The van der Waals surface area contributed by atoms with Gasteiger partial charge in [-0.3, -0.25) is 0 Å². The van der Waals surface area contributed by atoms with Crippen molar-refractivity contribution in [2.24, 2.45) is 11.8 Å². The van der Waals surface area contributed by atoms with Crippen LogP contribution in [0.1, 0.15) is 52.4 Å². The Morgan fingerprint density at radius 2 is 1.75 bits per heavy atom. The van der Waals surface area contributed by atoms with E-state index in [1.54, 1.807) is 0 Å². The molecule has 1 saturated carbocycles. The lowest BCUT2D eigenvalue weighted by Crippen LogP contribution is -2.48. The van der Waals surface area contributed by atoms with Crippen LogP contribution >= 0.6 is 0 Å². The minimum atomic E-state index is 0.349. The quantitative estimate of drug-likeness (QED) is 0.797. The van der Waals surface area contributed by atoms with Crippen LogP contribution in [0.15, 0.2) is 0 Å². The van der Waals surface area contributed by atoms with E-state index in [1.165, 1.54) is 45.1 Å². The van der Waals surface area contributed by atoms with Gasteiger partial charge in [-0.2, -0.15) is 0 Å². The van der Waals surface area contributed by atoms with Crippen LogP contribution in [0.4, 0.5) is 0 Å². The van der Waals surface area contributed by atoms with E-state index >= 15 is 0 Å². The number of ether oxygens (including phenoxy) is 1. The lowest BCUT2D eigenvalue weighted by molar-refractivity contribution is 0.0427. The predicted octanol–water partition coefficient (Wildman–Crippen LogP) is 2.97. The van der Waals surface area contributed by atoms with Gasteiger partial charge in [0.1, 0.15) is 0 Å². The second-order valence-electron chi connectivity index (χ2n) is 6.18. The molecule has 0 radical (unpaired) electrons. The highest BCUT2D eigenvalue weighted by atomic mass is 16.5. The molecule has 2 heteroatoms. The van der Waals surface area contributed by atoms with Gasteiger partial charge < -0.3 is 10.1 Å². The van der Waals surface area contributed by atoms with Gasteiger partial charge in [0.15, 0.2) is 0 Å². The molecule has 0 amide bonds. The molecule has 2 fully saturated rings. The van der Waals surface area contributed by atoms with Crippen LogP contribution in [0.3, 0.4) is 0 Å². The summed E-state index contributed by atoms with van der Waals surface area (Å²) in [6.45, 7) is 7.85. The van der Waals surface area contributed by atoms with Crippen molar-refractivity contribution in [3.05, 3.63) is 0 Å². The molecule has 0 spiro atoms. The molecular formula is C14H27NO. The predicted molar refractivity (Wildman–Crippen MR) is 67.6 cm³/mol. The SMILES string of the molecule is CC1CCC(CNC2(C)CCOCC2)CC1. The molecule has 0 bridgehead atoms. The second-order valence-corrected chi connectivity index (χ2v) is 6.18. The van der Waals surface area contributed by atoms with E-state index in [1.807, 2.05) is 0 Å². The first-order valence-electron chi connectivity index (χ1n) is 7.01. The maximum Gasteiger partial charge on any atom is 0.0483 e. The number of hydrogen-bond donors (Lipinski definition) is 1. The van der Waals surface area contributed by atoms with Gasteiger partial charge in [-0.05, 0) is 51.0 Å². The van der Waals surface area contributed by atoms with Crippen molar-refractivity contribution in [2.45, 2.75) is 57.9 Å². The lowest BCUT2D eigenvalue weighted by atomic mass is 9.82. The molecule has 2 rings (SSSR count). The molecule has 1 heterocycles. The van der Waals surface area contributed by atoms with E-state index in [2.05, 4.69) is 19.2 Å². The molecule has 2 nitrogen and oxygen atoms in total. The van der Waals surface area contributed by atoms with E-state index in [0.29, 0.717) is 5.54 Å². The minimum Gasteiger partial charge on any atom is -0.381 e. The van der Waals surface area contributed by atoms with Gasteiger partial charge >= 0.3 is 0 Å². The standard InChI is InChI=1S/C14H27NO/c1-12-3-5-13(6-4-12)11-15-14(2)7-9-16-10-8-14/h12-13,15H,3-11H2,1-2H3. The van der Waals surface area contributed by atoms with Crippen molar-refractivity contribution >= 4 is 0 Å². The summed E-state index contributed by atoms with van der Waals surface area (Å²) in [7, 11) is 0. The average Bonchev–Trinajstić information content (AvgIpc) is 2.29. The normalized spacial score (nSPS) is 34.9. The van der Waals surface area contributed by atoms with Gasteiger partial charge in [-0.15, -0.1) is 0 Å². The van der Waals surface area contributed by atoms with E-state index in [-0.39, 0.29) is 0 Å². The van der Waals surface area contributed by atoms with E-state index in [0.717, 1.165) is 25.0 Å². The van der Waals surface area contributed by atoms with Crippen LogP contribution in [0.5, 0.6) is 0 Å². The van der Waals surface area contributed by atoms with Gasteiger partial charge in [0.2, 0.25) is 0 Å². The number of nitrogens with one attached hydrogen (secondary N) is 1. The molecule has 1 saturated heterocycles. The van der Waals surface area contributed by atoms with Crippen LogP contribution in [0.25, 0.3) is 0 Å². The van der Waals surface area contributed by atoms with E-state index < -0.39 is 0 Å². The first kappa shape index (κ1) is 12.4. The molecule has 0 aromatic rings. The third kappa shape index (κ3) is 3.46. The molecule has 0 aromatic heterocycles. The molecule has 1 aliphatic carbocycles. The third-order valence-electron chi connectivity index (χ3n) is 4.55. The van der Waals surface area contributed by atoms with Crippen molar-refractivity contribution in [1.29, 1.82) is 0 Å². The summed E-state index contributed by atoms with van der Waals surface area (Å²) in [4.78, 5) is 0. The van der Waals surface area contributed by atoms with Crippen LogP contribution in [0.2, 0.25) is 0 Å². The minimum absolute atomic E-state index is 0.349. The maximum absolute atomic E-state index is 5.43. The van der Waals surface area contributed by atoms with Gasteiger partial charge in [0.05, 0.1) is 0 Å². The molecule has 0 aromatic carbocycles. The van der Waals surface area contributed by atoms with Gasteiger partial charge in [0, 0.05) is 18.8 Å². The lowest BCUT2D eigenvalue weighted by Gasteiger charge is -2.37. The zero-order valence-electron chi connectivity index (χ0n) is 10.9. The summed E-state index contributed by atoms with van der Waals surface area (Å²) >= 11 is 0. The highest BCUT2D eigenvalue weighted by Gasteiger charge is 2.28. The Labute approximate surface area is 100 Å². The van der Waals surface area contributed by atoms with Gasteiger partial charge in [-0.25, -0.2) is 0 Å². The Morgan fingerprint density at radius 3 is 2.38 bits per heavy atom. The Bertz CT molecular complexity index is 203. The number of rotatable bonds is 3. The van der Waals surface area contributed by atoms with E-state index in [4.69, 9.17) is 4.74 Å². The fraction of sp³-hybridized carbons (Fsp3) is 1.00.